The number of ether oxygens (including phenoxy) is 2. The first-order valence-electron chi connectivity index (χ1n) is 8.15. The lowest BCUT2D eigenvalue weighted by atomic mass is 10.1. The second kappa shape index (κ2) is 5.81. The Morgan fingerprint density at radius 2 is 2.00 bits per heavy atom. The first kappa shape index (κ1) is 15.0. The molecule has 1 atom stereocenters. The second-order valence-corrected chi connectivity index (χ2v) is 6.38. The van der Waals surface area contributed by atoms with E-state index in [1.54, 1.807) is 4.90 Å². The zero-order chi connectivity index (χ0) is 16.7. The van der Waals surface area contributed by atoms with Crippen molar-refractivity contribution in [1.29, 1.82) is 0 Å². The molecule has 0 unspecified atom stereocenters. The van der Waals surface area contributed by atoms with Crippen LogP contribution in [0.15, 0.2) is 22.7 Å². The van der Waals surface area contributed by atoms with Gasteiger partial charge in [-0.15, -0.1) is 0 Å². The van der Waals surface area contributed by atoms with E-state index >= 15 is 0 Å². The number of fused-ring (bicyclic) bond motifs is 1. The average Bonchev–Trinajstić information content (AvgIpc) is 3.21. The first-order valence-corrected chi connectivity index (χ1v) is 8.15. The monoisotopic (exact) mass is 329 g/mol. The third-order valence-corrected chi connectivity index (χ3v) is 4.29. The molecule has 7 nitrogen and oxygen atoms in total. The minimum absolute atomic E-state index is 0.0426. The zero-order valence-electron chi connectivity index (χ0n) is 13.7. The number of hydrogen-bond acceptors (Lipinski definition) is 6. The Balaban J connectivity index is 1.55. The van der Waals surface area contributed by atoms with Crippen LogP contribution in [0.2, 0.25) is 0 Å². The molecule has 4 rings (SSSR count). The molecule has 0 radical (unpaired) electrons. The van der Waals surface area contributed by atoms with E-state index in [0.29, 0.717) is 49.4 Å². The molecule has 1 fully saturated rings. The largest absolute Gasteiger partial charge is 0.486 e. The van der Waals surface area contributed by atoms with Gasteiger partial charge in [-0.25, -0.2) is 0 Å². The van der Waals surface area contributed by atoms with Gasteiger partial charge in [0, 0.05) is 30.6 Å². The van der Waals surface area contributed by atoms with Crippen molar-refractivity contribution in [3.63, 3.8) is 0 Å². The minimum Gasteiger partial charge on any atom is -0.486 e. The van der Waals surface area contributed by atoms with Crippen LogP contribution in [-0.2, 0) is 4.79 Å². The van der Waals surface area contributed by atoms with E-state index in [2.05, 4.69) is 10.1 Å². The third kappa shape index (κ3) is 2.60. The van der Waals surface area contributed by atoms with Gasteiger partial charge in [-0.05, 0) is 12.1 Å². The number of anilines is 1. The van der Waals surface area contributed by atoms with Crippen LogP contribution in [0.5, 0.6) is 11.5 Å². The summed E-state index contributed by atoms with van der Waals surface area (Å²) in [7, 11) is 0. The lowest BCUT2D eigenvalue weighted by molar-refractivity contribution is -0.117. The maximum atomic E-state index is 12.4. The van der Waals surface area contributed by atoms with E-state index in [4.69, 9.17) is 14.0 Å². The predicted octanol–water partition coefficient (Wildman–Crippen LogP) is 2.48. The highest BCUT2D eigenvalue weighted by atomic mass is 16.6. The maximum absolute atomic E-state index is 12.4. The highest BCUT2D eigenvalue weighted by Gasteiger charge is 2.35. The van der Waals surface area contributed by atoms with Gasteiger partial charge in [-0.1, -0.05) is 19.0 Å². The molecule has 24 heavy (non-hydrogen) atoms. The van der Waals surface area contributed by atoms with Gasteiger partial charge >= 0.3 is 0 Å². The number of benzene rings is 1. The van der Waals surface area contributed by atoms with Gasteiger partial charge < -0.3 is 18.9 Å². The average molecular weight is 329 g/mol. The summed E-state index contributed by atoms with van der Waals surface area (Å²) < 4.78 is 16.5. The number of amides is 1. The normalized spacial score (nSPS) is 20.0. The van der Waals surface area contributed by atoms with E-state index in [9.17, 15) is 4.79 Å². The molecule has 2 aliphatic heterocycles. The van der Waals surface area contributed by atoms with Crippen LogP contribution in [0, 0.1) is 0 Å². The van der Waals surface area contributed by atoms with Crippen LogP contribution < -0.4 is 14.4 Å². The number of nitrogens with zero attached hydrogens (tertiary/aromatic N) is 3. The predicted molar refractivity (Wildman–Crippen MR) is 85.5 cm³/mol. The Morgan fingerprint density at radius 1 is 1.21 bits per heavy atom. The Bertz CT molecular complexity index is 771. The molecule has 1 aromatic heterocycles. The molecule has 0 aliphatic carbocycles. The summed E-state index contributed by atoms with van der Waals surface area (Å²) >= 11 is 0. The molecule has 2 aliphatic rings. The molecule has 3 heterocycles. The van der Waals surface area contributed by atoms with Gasteiger partial charge in [0.2, 0.25) is 11.8 Å². The van der Waals surface area contributed by atoms with Crippen molar-refractivity contribution < 1.29 is 18.8 Å². The quantitative estimate of drug-likeness (QED) is 0.861. The summed E-state index contributed by atoms with van der Waals surface area (Å²) in [6.45, 7) is 5.61. The number of carbonyl (C=O) groups is 1. The summed E-state index contributed by atoms with van der Waals surface area (Å²) in [4.78, 5) is 18.6. The molecule has 0 saturated carbocycles. The molecular weight excluding hydrogens is 310 g/mol. The molecule has 2 aromatic rings. The molecule has 1 amide bonds. The maximum Gasteiger partial charge on any atom is 0.232 e. The molecule has 0 bridgehead atoms. The number of hydrogen-bond donors (Lipinski definition) is 0. The summed E-state index contributed by atoms with van der Waals surface area (Å²) in [5.74, 6) is 2.77. The van der Waals surface area contributed by atoms with Crippen molar-refractivity contribution in [2.75, 3.05) is 24.7 Å². The highest BCUT2D eigenvalue weighted by Crippen LogP contribution is 2.37. The van der Waals surface area contributed by atoms with E-state index in [1.807, 2.05) is 32.0 Å². The second-order valence-electron chi connectivity index (χ2n) is 6.38. The van der Waals surface area contributed by atoms with Crippen LogP contribution in [0.1, 0.15) is 43.8 Å². The fourth-order valence-electron chi connectivity index (χ4n) is 2.97. The minimum atomic E-state index is -0.0781. The number of rotatable bonds is 3. The van der Waals surface area contributed by atoms with Crippen LogP contribution in [-0.4, -0.2) is 35.8 Å². The van der Waals surface area contributed by atoms with Crippen molar-refractivity contribution in [3.05, 3.63) is 29.9 Å². The molecule has 1 aromatic carbocycles. The van der Waals surface area contributed by atoms with Crippen molar-refractivity contribution in [1.82, 2.24) is 10.1 Å². The Kier molecular flexibility index (Phi) is 3.63. The van der Waals surface area contributed by atoms with Gasteiger partial charge in [0.15, 0.2) is 17.3 Å². The van der Waals surface area contributed by atoms with Crippen molar-refractivity contribution in [3.8, 4) is 11.5 Å². The summed E-state index contributed by atoms with van der Waals surface area (Å²) in [5.41, 5.74) is 0.801. The lowest BCUT2D eigenvalue weighted by Crippen LogP contribution is -2.24. The molecule has 126 valence electrons. The van der Waals surface area contributed by atoms with Crippen LogP contribution in [0.25, 0.3) is 0 Å². The summed E-state index contributed by atoms with van der Waals surface area (Å²) in [6.07, 6.45) is 0.369. The highest BCUT2D eigenvalue weighted by molar-refractivity contribution is 5.96. The number of carbonyl (C=O) groups excluding carboxylic acids is 1. The topological polar surface area (TPSA) is 77.7 Å². The zero-order valence-corrected chi connectivity index (χ0v) is 13.7. The van der Waals surface area contributed by atoms with Gasteiger partial charge in [-0.3, -0.25) is 4.79 Å². The van der Waals surface area contributed by atoms with Crippen molar-refractivity contribution in [2.24, 2.45) is 0 Å². The third-order valence-electron chi connectivity index (χ3n) is 4.29. The van der Waals surface area contributed by atoms with Gasteiger partial charge in [0.05, 0.1) is 5.92 Å². The van der Waals surface area contributed by atoms with Crippen LogP contribution >= 0.6 is 0 Å². The van der Waals surface area contributed by atoms with Gasteiger partial charge in [-0.2, -0.15) is 4.98 Å². The van der Waals surface area contributed by atoms with Gasteiger partial charge in [0.25, 0.3) is 0 Å². The Labute approximate surface area is 139 Å². The van der Waals surface area contributed by atoms with E-state index in [-0.39, 0.29) is 17.7 Å². The van der Waals surface area contributed by atoms with Crippen molar-refractivity contribution >= 4 is 11.6 Å². The van der Waals surface area contributed by atoms with E-state index in [1.165, 1.54) is 0 Å². The molecule has 7 heteroatoms. The summed E-state index contributed by atoms with van der Waals surface area (Å²) in [5, 5.41) is 3.99. The first-order chi connectivity index (χ1) is 11.6. The molecule has 0 spiro atoms. The number of aromatic nitrogens is 2. The van der Waals surface area contributed by atoms with E-state index < -0.39 is 0 Å². The smallest absolute Gasteiger partial charge is 0.232 e. The molecule has 0 N–H and O–H groups in total. The fourth-order valence-corrected chi connectivity index (χ4v) is 2.97. The summed E-state index contributed by atoms with van der Waals surface area (Å²) in [6, 6.07) is 5.57. The molecule has 1 saturated heterocycles. The Morgan fingerprint density at radius 3 is 2.75 bits per heavy atom. The standard InChI is InChI=1S/C17H19N3O4/c1-10(2)16-18-17(24-19-16)11-7-15(21)20(9-11)12-3-4-13-14(8-12)23-6-5-22-13/h3-4,8,10-11H,5-7,9H2,1-2H3/t11-/m1/s1. The van der Waals surface area contributed by atoms with Crippen molar-refractivity contribution in [2.45, 2.75) is 32.1 Å². The fraction of sp³-hybridized carbons (Fsp3) is 0.471. The molecular formula is C17H19N3O4. The van der Waals surface area contributed by atoms with Gasteiger partial charge in [0.1, 0.15) is 13.2 Å². The van der Waals surface area contributed by atoms with Crippen LogP contribution in [0.3, 0.4) is 0 Å². The van der Waals surface area contributed by atoms with E-state index in [0.717, 1.165) is 5.69 Å². The Hall–Kier alpha value is -2.57. The van der Waals surface area contributed by atoms with Crippen LogP contribution in [0.4, 0.5) is 5.69 Å². The lowest BCUT2D eigenvalue weighted by Gasteiger charge is -2.22. The SMILES string of the molecule is CC(C)c1noc([C@@H]2CC(=O)N(c3ccc4c(c3)OCCO4)C2)n1.